The lowest BCUT2D eigenvalue weighted by atomic mass is 9.81. The van der Waals surface area contributed by atoms with Crippen LogP contribution in [0.1, 0.15) is 20.3 Å². The van der Waals surface area contributed by atoms with Crippen molar-refractivity contribution in [2.75, 3.05) is 12.4 Å². The van der Waals surface area contributed by atoms with E-state index in [-0.39, 0.29) is 16.8 Å². The van der Waals surface area contributed by atoms with Crippen LogP contribution in [0.25, 0.3) is 0 Å². The second kappa shape index (κ2) is 4.22. The van der Waals surface area contributed by atoms with E-state index in [4.69, 9.17) is 4.74 Å². The van der Waals surface area contributed by atoms with Crippen molar-refractivity contribution < 1.29 is 8.95 Å². The lowest BCUT2D eigenvalue weighted by molar-refractivity contribution is 0.0151. The number of hydrogen-bond donors (Lipinski definition) is 0. The van der Waals surface area contributed by atoms with Gasteiger partial charge in [-0.1, -0.05) is 31.2 Å². The van der Waals surface area contributed by atoms with Crippen molar-refractivity contribution in [1.29, 1.82) is 0 Å². The average Bonchev–Trinajstić information content (AvgIpc) is 2.23. The van der Waals surface area contributed by atoms with Gasteiger partial charge in [-0.2, -0.15) is 0 Å². The highest BCUT2D eigenvalue weighted by Crippen LogP contribution is 2.33. The fourth-order valence-electron chi connectivity index (χ4n) is 2.04. The molecule has 0 unspecified atom stereocenters. The van der Waals surface area contributed by atoms with Crippen LogP contribution < -0.4 is 0 Å². The van der Waals surface area contributed by atoms with Crippen molar-refractivity contribution in [3.05, 3.63) is 24.3 Å². The summed E-state index contributed by atoms with van der Waals surface area (Å²) in [5, 5.41) is 0.182. The third-order valence-corrected chi connectivity index (χ3v) is 4.88. The SMILES string of the molecule is C[C@H]1CO[C@H](C2(C)C=CCC=C2)C[S@]1=O. The zero-order valence-electron chi connectivity index (χ0n) is 9.31. The van der Waals surface area contributed by atoms with Crippen LogP contribution >= 0.6 is 0 Å². The van der Waals surface area contributed by atoms with Crippen LogP contribution in [-0.2, 0) is 15.5 Å². The molecule has 2 aliphatic rings. The molecule has 2 rings (SSSR count). The predicted molar refractivity (Wildman–Crippen MR) is 63.2 cm³/mol. The Hall–Kier alpha value is -0.410. The summed E-state index contributed by atoms with van der Waals surface area (Å²) in [4.78, 5) is 0. The second-order valence-electron chi connectivity index (χ2n) is 4.59. The molecule has 1 fully saturated rings. The molecular weight excluding hydrogens is 208 g/mol. The molecule has 84 valence electrons. The quantitative estimate of drug-likeness (QED) is 0.640. The highest BCUT2D eigenvalue weighted by Gasteiger charge is 2.36. The zero-order chi connectivity index (χ0) is 10.9. The normalized spacial score (nSPS) is 39.2. The van der Waals surface area contributed by atoms with Crippen LogP contribution in [0, 0.1) is 5.41 Å². The summed E-state index contributed by atoms with van der Waals surface area (Å²) in [6, 6.07) is 0. The first-order valence-corrected chi connectivity index (χ1v) is 6.84. The Morgan fingerprint density at radius 3 is 2.67 bits per heavy atom. The van der Waals surface area contributed by atoms with E-state index in [1.165, 1.54) is 0 Å². The predicted octanol–water partition coefficient (Wildman–Crippen LogP) is 2.04. The molecule has 0 spiro atoms. The number of ether oxygens (including phenoxy) is 1. The molecular formula is C12H18O2S. The van der Waals surface area contributed by atoms with Crippen molar-refractivity contribution in [3.63, 3.8) is 0 Å². The molecule has 1 heterocycles. The van der Waals surface area contributed by atoms with Crippen molar-refractivity contribution in [1.82, 2.24) is 0 Å². The standard InChI is InChI=1S/C12H18O2S/c1-10-8-14-11(9-15(10)13)12(2)6-4-3-5-7-12/h4-7,10-11H,3,8-9H2,1-2H3/t10-,11-,15+/m0/s1. The van der Waals surface area contributed by atoms with Crippen LogP contribution in [0.5, 0.6) is 0 Å². The van der Waals surface area contributed by atoms with E-state index >= 15 is 0 Å². The van der Waals surface area contributed by atoms with E-state index < -0.39 is 10.8 Å². The van der Waals surface area contributed by atoms with E-state index in [2.05, 4.69) is 31.2 Å². The molecule has 0 aromatic carbocycles. The van der Waals surface area contributed by atoms with Gasteiger partial charge in [0.25, 0.3) is 0 Å². The zero-order valence-corrected chi connectivity index (χ0v) is 10.1. The molecule has 0 aromatic heterocycles. The van der Waals surface area contributed by atoms with Crippen molar-refractivity contribution in [2.45, 2.75) is 31.6 Å². The summed E-state index contributed by atoms with van der Waals surface area (Å²) in [6.45, 7) is 4.76. The summed E-state index contributed by atoms with van der Waals surface area (Å²) in [6.07, 6.45) is 9.76. The second-order valence-corrected chi connectivity index (χ2v) is 6.49. The summed E-state index contributed by atoms with van der Waals surface area (Å²) in [5.41, 5.74) is -0.0615. The van der Waals surface area contributed by atoms with Gasteiger partial charge in [-0.05, 0) is 13.3 Å². The molecule has 0 saturated carbocycles. The minimum Gasteiger partial charge on any atom is -0.375 e. The van der Waals surface area contributed by atoms with Crippen LogP contribution in [0.2, 0.25) is 0 Å². The first kappa shape index (κ1) is 11.1. The molecule has 1 saturated heterocycles. The molecule has 1 aliphatic heterocycles. The lowest BCUT2D eigenvalue weighted by Crippen LogP contribution is -2.44. The van der Waals surface area contributed by atoms with Gasteiger partial charge in [0.15, 0.2) is 0 Å². The van der Waals surface area contributed by atoms with Gasteiger partial charge in [0.05, 0.1) is 23.7 Å². The first-order valence-electron chi connectivity index (χ1n) is 5.46. The Bertz CT molecular complexity index is 308. The topological polar surface area (TPSA) is 26.3 Å². The van der Waals surface area contributed by atoms with E-state index in [1.54, 1.807) is 0 Å². The fraction of sp³-hybridized carbons (Fsp3) is 0.667. The molecule has 1 aliphatic carbocycles. The monoisotopic (exact) mass is 226 g/mol. The van der Waals surface area contributed by atoms with Crippen molar-refractivity contribution in [2.24, 2.45) is 5.41 Å². The van der Waals surface area contributed by atoms with Gasteiger partial charge in [-0.25, -0.2) is 0 Å². The molecule has 3 heteroatoms. The number of rotatable bonds is 1. The molecule has 3 atom stereocenters. The summed E-state index contributed by atoms with van der Waals surface area (Å²) < 4.78 is 17.6. The Morgan fingerprint density at radius 1 is 1.40 bits per heavy atom. The van der Waals surface area contributed by atoms with Gasteiger partial charge in [-0.3, -0.25) is 4.21 Å². The molecule has 2 nitrogen and oxygen atoms in total. The van der Waals surface area contributed by atoms with E-state index in [9.17, 15) is 4.21 Å². The molecule has 0 bridgehead atoms. The molecule has 0 aromatic rings. The number of allylic oxidation sites excluding steroid dienone is 2. The third kappa shape index (κ3) is 2.23. The summed E-state index contributed by atoms with van der Waals surface area (Å²) in [5.74, 6) is 0.659. The van der Waals surface area contributed by atoms with Crippen molar-refractivity contribution >= 4 is 10.8 Å². The largest absolute Gasteiger partial charge is 0.375 e. The fourth-order valence-corrected chi connectivity index (χ4v) is 3.35. The minimum atomic E-state index is -0.735. The molecule has 0 amide bonds. The van der Waals surface area contributed by atoms with Crippen LogP contribution in [0.3, 0.4) is 0 Å². The average molecular weight is 226 g/mol. The maximum absolute atomic E-state index is 11.8. The van der Waals surface area contributed by atoms with Gasteiger partial charge in [0.2, 0.25) is 0 Å². The Balaban J connectivity index is 2.11. The van der Waals surface area contributed by atoms with Gasteiger partial charge >= 0.3 is 0 Å². The lowest BCUT2D eigenvalue weighted by Gasteiger charge is -2.37. The van der Waals surface area contributed by atoms with E-state index in [0.717, 1.165) is 6.42 Å². The highest BCUT2D eigenvalue weighted by molar-refractivity contribution is 7.85. The maximum Gasteiger partial charge on any atom is 0.0813 e. The molecule has 0 radical (unpaired) electrons. The van der Waals surface area contributed by atoms with Crippen LogP contribution in [-0.4, -0.2) is 27.9 Å². The van der Waals surface area contributed by atoms with E-state index in [1.807, 2.05) is 6.92 Å². The van der Waals surface area contributed by atoms with Crippen LogP contribution in [0.4, 0.5) is 0 Å². The van der Waals surface area contributed by atoms with Crippen molar-refractivity contribution in [3.8, 4) is 0 Å². The Kier molecular flexibility index (Phi) is 3.12. The maximum atomic E-state index is 11.8. The van der Waals surface area contributed by atoms with Gasteiger partial charge in [0.1, 0.15) is 0 Å². The Labute approximate surface area is 93.9 Å². The first-order chi connectivity index (χ1) is 7.12. The minimum absolute atomic E-state index is 0.0615. The third-order valence-electron chi connectivity index (χ3n) is 3.22. The number of hydrogen-bond acceptors (Lipinski definition) is 2. The van der Waals surface area contributed by atoms with E-state index in [0.29, 0.717) is 12.4 Å². The molecule has 0 N–H and O–H groups in total. The summed E-state index contributed by atoms with van der Waals surface area (Å²) in [7, 11) is -0.735. The highest BCUT2D eigenvalue weighted by atomic mass is 32.2. The van der Waals surface area contributed by atoms with Gasteiger partial charge in [-0.15, -0.1) is 0 Å². The summed E-state index contributed by atoms with van der Waals surface area (Å²) >= 11 is 0. The van der Waals surface area contributed by atoms with Gasteiger partial charge in [0, 0.05) is 16.2 Å². The van der Waals surface area contributed by atoms with Crippen LogP contribution in [0.15, 0.2) is 24.3 Å². The Morgan fingerprint density at radius 2 is 2.07 bits per heavy atom. The molecule has 15 heavy (non-hydrogen) atoms. The van der Waals surface area contributed by atoms with Gasteiger partial charge < -0.3 is 4.74 Å². The smallest absolute Gasteiger partial charge is 0.0813 e.